The predicted octanol–water partition coefficient (Wildman–Crippen LogP) is 2.26. The van der Waals surface area contributed by atoms with Gasteiger partial charge in [-0.15, -0.1) is 0 Å². The fraction of sp³-hybridized carbons (Fsp3) is 0.438. The van der Waals surface area contributed by atoms with Crippen LogP contribution in [-0.4, -0.2) is 34.8 Å². The Morgan fingerprint density at radius 3 is 2.54 bits per heavy atom. The molecule has 0 radical (unpaired) electrons. The van der Waals surface area contributed by atoms with Gasteiger partial charge < -0.3 is 10.6 Å². The molecule has 1 unspecified atom stereocenters. The van der Waals surface area contributed by atoms with E-state index in [-0.39, 0.29) is 11.6 Å². The van der Waals surface area contributed by atoms with Crippen molar-refractivity contribution in [3.63, 3.8) is 0 Å². The van der Waals surface area contributed by atoms with Crippen LogP contribution in [0.25, 0.3) is 0 Å². The monoisotopic (exact) mass is 339 g/mol. The zero-order chi connectivity index (χ0) is 18.1. The van der Waals surface area contributed by atoms with Crippen molar-refractivity contribution in [1.29, 1.82) is 0 Å². The highest BCUT2D eigenvalue weighted by Gasteiger charge is 2.48. The number of carbonyl (C=O) groups excluding carboxylic acids is 3. The van der Waals surface area contributed by atoms with Crippen LogP contribution in [0.15, 0.2) is 18.2 Å². The summed E-state index contributed by atoms with van der Waals surface area (Å²) in [6, 6.07) is 2.23. The highest BCUT2D eigenvalue weighted by atomic mass is 19.2. The van der Waals surface area contributed by atoms with E-state index in [9.17, 15) is 23.2 Å². The molecule has 130 valence electrons. The summed E-state index contributed by atoms with van der Waals surface area (Å²) in [6.07, 6.45) is 0.443. The van der Waals surface area contributed by atoms with Crippen molar-refractivity contribution in [2.24, 2.45) is 5.92 Å². The molecule has 1 aromatic carbocycles. The van der Waals surface area contributed by atoms with E-state index in [1.807, 2.05) is 13.8 Å². The fourth-order valence-electron chi connectivity index (χ4n) is 2.76. The third-order valence-electron chi connectivity index (χ3n) is 3.67. The van der Waals surface area contributed by atoms with Crippen LogP contribution < -0.4 is 10.6 Å². The van der Waals surface area contributed by atoms with Crippen molar-refractivity contribution in [2.45, 2.75) is 32.7 Å². The van der Waals surface area contributed by atoms with Crippen molar-refractivity contribution in [1.82, 2.24) is 10.2 Å². The number of hydrogen-bond acceptors (Lipinski definition) is 3. The molecule has 0 aromatic heterocycles. The van der Waals surface area contributed by atoms with E-state index in [0.29, 0.717) is 6.42 Å². The van der Waals surface area contributed by atoms with Gasteiger partial charge in [-0.1, -0.05) is 13.8 Å². The van der Waals surface area contributed by atoms with Gasteiger partial charge in [0.2, 0.25) is 5.91 Å². The van der Waals surface area contributed by atoms with Gasteiger partial charge in [0.15, 0.2) is 11.6 Å². The van der Waals surface area contributed by atoms with Gasteiger partial charge in [0, 0.05) is 11.8 Å². The SMILES string of the molecule is CC(C)CC1(C)NC(=O)N(CC(=O)Nc2ccc(F)c(F)c2)C1=O. The molecule has 2 N–H and O–H groups in total. The first-order chi connectivity index (χ1) is 11.1. The topological polar surface area (TPSA) is 78.5 Å². The molecule has 4 amide bonds. The van der Waals surface area contributed by atoms with Crippen molar-refractivity contribution in [3.8, 4) is 0 Å². The Balaban J connectivity index is 2.04. The van der Waals surface area contributed by atoms with Crippen LogP contribution in [0, 0.1) is 17.6 Å². The number of amides is 4. The summed E-state index contributed by atoms with van der Waals surface area (Å²) in [7, 11) is 0. The van der Waals surface area contributed by atoms with Gasteiger partial charge in [0.25, 0.3) is 5.91 Å². The van der Waals surface area contributed by atoms with Crippen LogP contribution in [0.2, 0.25) is 0 Å². The Kier molecular flexibility index (Phi) is 4.86. The van der Waals surface area contributed by atoms with Gasteiger partial charge in [-0.3, -0.25) is 14.5 Å². The Morgan fingerprint density at radius 2 is 1.96 bits per heavy atom. The molecule has 0 spiro atoms. The summed E-state index contributed by atoms with van der Waals surface area (Å²) in [4.78, 5) is 37.2. The van der Waals surface area contributed by atoms with Crippen LogP contribution in [-0.2, 0) is 9.59 Å². The summed E-state index contributed by atoms with van der Waals surface area (Å²) in [6.45, 7) is 4.95. The van der Waals surface area contributed by atoms with E-state index in [4.69, 9.17) is 0 Å². The zero-order valence-corrected chi connectivity index (χ0v) is 13.7. The number of urea groups is 1. The molecule has 1 aliphatic heterocycles. The van der Waals surface area contributed by atoms with E-state index in [0.717, 1.165) is 17.0 Å². The minimum atomic E-state index is -1.10. The van der Waals surface area contributed by atoms with Crippen molar-refractivity contribution >= 4 is 23.5 Å². The number of carbonyl (C=O) groups is 3. The molecule has 8 heteroatoms. The van der Waals surface area contributed by atoms with Crippen molar-refractivity contribution in [3.05, 3.63) is 29.8 Å². The molecular weight excluding hydrogens is 320 g/mol. The highest BCUT2D eigenvalue weighted by molar-refractivity contribution is 6.09. The average molecular weight is 339 g/mol. The standard InChI is InChI=1S/C16H19F2N3O3/c1-9(2)7-16(3)14(23)21(15(24)20-16)8-13(22)19-10-4-5-11(17)12(18)6-10/h4-6,9H,7-8H2,1-3H3,(H,19,22)(H,20,24). The molecule has 1 heterocycles. The van der Waals surface area contributed by atoms with Crippen molar-refractivity contribution < 1.29 is 23.2 Å². The lowest BCUT2D eigenvalue weighted by molar-refractivity contribution is -0.133. The molecule has 0 bridgehead atoms. The number of benzene rings is 1. The lowest BCUT2D eigenvalue weighted by atomic mass is 9.91. The largest absolute Gasteiger partial charge is 0.325 e. The molecule has 24 heavy (non-hydrogen) atoms. The summed E-state index contributed by atoms with van der Waals surface area (Å²) >= 11 is 0. The number of anilines is 1. The van der Waals surface area contributed by atoms with E-state index in [1.54, 1.807) is 6.92 Å². The molecule has 1 fully saturated rings. The Morgan fingerprint density at radius 1 is 1.29 bits per heavy atom. The van der Waals surface area contributed by atoms with E-state index >= 15 is 0 Å². The predicted molar refractivity (Wildman–Crippen MR) is 83.1 cm³/mol. The van der Waals surface area contributed by atoms with Gasteiger partial charge in [-0.05, 0) is 31.4 Å². The lowest BCUT2D eigenvalue weighted by Crippen LogP contribution is -2.45. The number of hydrogen-bond donors (Lipinski definition) is 2. The number of imide groups is 1. The molecule has 1 saturated heterocycles. The number of nitrogens with zero attached hydrogens (tertiary/aromatic N) is 1. The summed E-state index contributed by atoms with van der Waals surface area (Å²) in [5.41, 5.74) is -1.01. The van der Waals surface area contributed by atoms with Gasteiger partial charge in [-0.25, -0.2) is 13.6 Å². The summed E-state index contributed by atoms with van der Waals surface area (Å²) in [5.74, 6) is -3.13. The maximum atomic E-state index is 13.1. The van der Waals surface area contributed by atoms with E-state index < -0.39 is 41.6 Å². The van der Waals surface area contributed by atoms with Crippen LogP contribution in [0.4, 0.5) is 19.3 Å². The zero-order valence-electron chi connectivity index (χ0n) is 13.7. The molecule has 0 aliphatic carbocycles. The quantitative estimate of drug-likeness (QED) is 0.808. The smallest absolute Gasteiger partial charge is 0.324 e. The molecule has 1 aliphatic rings. The lowest BCUT2D eigenvalue weighted by Gasteiger charge is -2.23. The maximum Gasteiger partial charge on any atom is 0.325 e. The first-order valence-electron chi connectivity index (χ1n) is 7.51. The first-order valence-corrected chi connectivity index (χ1v) is 7.51. The van der Waals surface area contributed by atoms with E-state index in [2.05, 4.69) is 10.6 Å². The van der Waals surface area contributed by atoms with Crippen LogP contribution >= 0.6 is 0 Å². The second-order valence-electron chi connectivity index (χ2n) is 6.43. The minimum absolute atomic E-state index is 0.0379. The molecule has 2 rings (SSSR count). The van der Waals surface area contributed by atoms with Crippen LogP contribution in [0.3, 0.4) is 0 Å². The molecule has 6 nitrogen and oxygen atoms in total. The number of halogens is 2. The second-order valence-corrected chi connectivity index (χ2v) is 6.43. The highest BCUT2D eigenvalue weighted by Crippen LogP contribution is 2.25. The fourth-order valence-corrected chi connectivity index (χ4v) is 2.76. The van der Waals surface area contributed by atoms with Crippen molar-refractivity contribution in [2.75, 3.05) is 11.9 Å². The Hall–Kier alpha value is -2.51. The number of nitrogens with one attached hydrogen (secondary N) is 2. The minimum Gasteiger partial charge on any atom is -0.324 e. The Labute approximate surface area is 138 Å². The average Bonchev–Trinajstić information content (AvgIpc) is 2.65. The molecule has 1 atom stereocenters. The second kappa shape index (κ2) is 6.54. The van der Waals surface area contributed by atoms with Gasteiger partial charge in [0.05, 0.1) is 0 Å². The normalized spacial score (nSPS) is 20.5. The first kappa shape index (κ1) is 17.8. The van der Waals surface area contributed by atoms with Gasteiger partial charge in [-0.2, -0.15) is 0 Å². The Bertz CT molecular complexity index is 693. The molecule has 1 aromatic rings. The summed E-state index contributed by atoms with van der Waals surface area (Å²) < 4.78 is 26.0. The molecule has 0 saturated carbocycles. The third kappa shape index (κ3) is 3.69. The maximum absolute atomic E-state index is 13.1. The van der Waals surface area contributed by atoms with E-state index in [1.165, 1.54) is 6.07 Å². The molecular formula is C16H19F2N3O3. The van der Waals surface area contributed by atoms with Gasteiger partial charge >= 0.3 is 6.03 Å². The van der Waals surface area contributed by atoms with Crippen LogP contribution in [0.1, 0.15) is 27.2 Å². The summed E-state index contributed by atoms with van der Waals surface area (Å²) in [5, 5.41) is 4.92. The number of rotatable bonds is 5. The third-order valence-corrected chi connectivity index (χ3v) is 3.67. The van der Waals surface area contributed by atoms with Crippen LogP contribution in [0.5, 0.6) is 0 Å². The van der Waals surface area contributed by atoms with Gasteiger partial charge in [0.1, 0.15) is 12.1 Å².